The van der Waals surface area contributed by atoms with Crippen molar-refractivity contribution in [1.29, 1.82) is 0 Å². The van der Waals surface area contributed by atoms with Crippen molar-refractivity contribution in [3.8, 4) is 113 Å². The van der Waals surface area contributed by atoms with Crippen LogP contribution in [0.25, 0.3) is 166 Å². The fourth-order valence-corrected chi connectivity index (χ4v) is 12.9. The molecule has 6 heterocycles. The number of fused-ring (bicyclic) bond motifs is 6. The van der Waals surface area contributed by atoms with Crippen LogP contribution in [0.4, 0.5) is 24.5 Å². The van der Waals surface area contributed by atoms with Crippen molar-refractivity contribution in [2.24, 2.45) is 0 Å². The molecule has 0 atom stereocenters. The predicted octanol–water partition coefficient (Wildman–Crippen LogP) is 22.6. The first-order valence-corrected chi connectivity index (χ1v) is 30.5. The van der Waals surface area contributed by atoms with Gasteiger partial charge >= 0.3 is 6.18 Å². The highest BCUT2D eigenvalue weighted by Gasteiger charge is 2.32. The van der Waals surface area contributed by atoms with Crippen molar-refractivity contribution in [2.45, 2.75) is 6.18 Å². The van der Waals surface area contributed by atoms with Gasteiger partial charge in [0.25, 0.3) is 0 Å². The second-order valence-electron chi connectivity index (χ2n) is 23.0. The quantitative estimate of drug-likeness (QED) is 0.121. The summed E-state index contributed by atoms with van der Waals surface area (Å²) in [6.07, 6.45) is -4.81. The van der Waals surface area contributed by atoms with E-state index in [0.29, 0.717) is 16.9 Å². The fraction of sp³-hybridized carbons (Fsp3) is 0.0120. The highest BCUT2D eigenvalue weighted by atomic mass is 19.4. The summed E-state index contributed by atoms with van der Waals surface area (Å²) in [5, 5.41) is 3.34. The SMILES string of the molecule is [C-]#[N+]c1cc(-c2cc(-n3c4ccc(-c5cccc(-c6ccccc6)n5)cc4c4cc(-c5cccc(-c6ccccc6)n5)ccc43)c([N+]#[C-])cc2-n2c3ccc(-c4cccc(-c5ccccc5)n4)cc3c3cc(-c4cccc(-c5ccccc5)n4)ccc32)cc(C(F)(F)F)c1. The molecule has 442 valence electrons. The van der Waals surface area contributed by atoms with Gasteiger partial charge in [0.05, 0.1) is 86.4 Å². The Morgan fingerprint density at radius 3 is 0.904 bits per heavy atom. The molecule has 0 N–H and O–H groups in total. The number of nitrogens with zero attached hydrogens (tertiary/aromatic N) is 8. The van der Waals surface area contributed by atoms with Crippen molar-refractivity contribution in [3.63, 3.8) is 0 Å². The predicted molar refractivity (Wildman–Crippen MR) is 373 cm³/mol. The summed E-state index contributed by atoms with van der Waals surface area (Å²) in [4.78, 5) is 28.6. The zero-order valence-corrected chi connectivity index (χ0v) is 50.0. The molecule has 0 bridgehead atoms. The summed E-state index contributed by atoms with van der Waals surface area (Å²) in [5.74, 6) is 0. The van der Waals surface area contributed by atoms with E-state index in [-0.39, 0.29) is 16.9 Å². The Labute approximate surface area is 538 Å². The minimum atomic E-state index is -4.81. The Hall–Kier alpha value is -12.8. The van der Waals surface area contributed by atoms with Crippen LogP contribution in [0, 0.1) is 13.1 Å². The number of halogens is 3. The van der Waals surface area contributed by atoms with E-state index in [1.165, 1.54) is 6.07 Å². The van der Waals surface area contributed by atoms with Gasteiger partial charge < -0.3 is 9.13 Å². The topological polar surface area (TPSA) is 70.1 Å². The van der Waals surface area contributed by atoms with Crippen LogP contribution in [0.2, 0.25) is 0 Å². The number of hydrogen-bond acceptors (Lipinski definition) is 4. The van der Waals surface area contributed by atoms with E-state index in [0.717, 1.165) is 146 Å². The van der Waals surface area contributed by atoms with E-state index >= 15 is 13.2 Å². The van der Waals surface area contributed by atoms with Crippen molar-refractivity contribution in [3.05, 3.63) is 326 Å². The maximum absolute atomic E-state index is 15.3. The van der Waals surface area contributed by atoms with Crippen molar-refractivity contribution < 1.29 is 13.2 Å². The smallest absolute Gasteiger partial charge is 0.319 e. The first kappa shape index (κ1) is 56.4. The lowest BCUT2D eigenvalue weighted by atomic mass is 9.98. The Balaban J connectivity index is 0.952. The van der Waals surface area contributed by atoms with Gasteiger partial charge in [-0.05, 0) is 133 Å². The summed E-state index contributed by atoms with van der Waals surface area (Å²) in [7, 11) is 0. The average Bonchev–Trinajstić information content (AvgIpc) is 1.55. The molecule has 0 saturated heterocycles. The highest BCUT2D eigenvalue weighted by molar-refractivity contribution is 6.14. The lowest BCUT2D eigenvalue weighted by Gasteiger charge is -2.20. The van der Waals surface area contributed by atoms with Crippen LogP contribution >= 0.6 is 0 Å². The van der Waals surface area contributed by atoms with Crippen LogP contribution < -0.4 is 0 Å². The summed E-state index contributed by atoms with van der Waals surface area (Å²) < 4.78 is 50.0. The number of hydrogen-bond donors (Lipinski definition) is 0. The summed E-state index contributed by atoms with van der Waals surface area (Å²) in [6, 6.07) is 95.6. The Morgan fingerprint density at radius 1 is 0.277 bits per heavy atom. The molecule has 0 radical (unpaired) electrons. The molecular weight excluding hydrogens is 1170 g/mol. The Bertz CT molecular complexity index is 5470. The van der Waals surface area contributed by atoms with Crippen LogP contribution in [0.1, 0.15) is 5.56 Å². The molecule has 11 heteroatoms. The van der Waals surface area contributed by atoms with E-state index in [2.05, 4.69) is 34.0 Å². The van der Waals surface area contributed by atoms with Gasteiger partial charge in [0.2, 0.25) is 5.69 Å². The number of aromatic nitrogens is 6. The normalized spacial score (nSPS) is 11.5. The molecule has 0 fully saturated rings. The first-order valence-electron chi connectivity index (χ1n) is 30.5. The first-order chi connectivity index (χ1) is 46.1. The van der Waals surface area contributed by atoms with Crippen LogP contribution in [-0.2, 0) is 6.18 Å². The van der Waals surface area contributed by atoms with Gasteiger partial charge in [0.1, 0.15) is 0 Å². The number of pyridine rings is 4. The maximum atomic E-state index is 15.3. The molecule has 16 rings (SSSR count). The van der Waals surface area contributed by atoms with Gasteiger partial charge in [-0.1, -0.05) is 170 Å². The van der Waals surface area contributed by atoms with Gasteiger partial charge in [-0.2, -0.15) is 13.2 Å². The minimum absolute atomic E-state index is 0.139. The number of benzene rings is 10. The lowest BCUT2D eigenvalue weighted by molar-refractivity contribution is -0.137. The van der Waals surface area contributed by atoms with E-state index in [9.17, 15) is 6.57 Å². The zero-order chi connectivity index (χ0) is 63.4. The van der Waals surface area contributed by atoms with Gasteiger partial charge in [-0.15, -0.1) is 0 Å². The van der Waals surface area contributed by atoms with Crippen LogP contribution in [0.15, 0.2) is 297 Å². The van der Waals surface area contributed by atoms with E-state index < -0.39 is 11.7 Å². The molecule has 10 aromatic carbocycles. The van der Waals surface area contributed by atoms with E-state index in [1.807, 2.05) is 258 Å². The average molecular weight is 1220 g/mol. The molecule has 6 aromatic heterocycles. The molecule has 0 spiro atoms. The molecule has 0 aliphatic heterocycles. The largest absolute Gasteiger partial charge is 0.415 e. The monoisotopic (exact) mass is 1210 g/mol. The van der Waals surface area contributed by atoms with E-state index in [1.54, 1.807) is 6.07 Å². The molecule has 16 aromatic rings. The summed E-state index contributed by atoms with van der Waals surface area (Å²) >= 11 is 0. The van der Waals surface area contributed by atoms with Gasteiger partial charge in [-0.25, -0.2) is 29.6 Å². The molecule has 0 saturated carbocycles. The third kappa shape index (κ3) is 10.3. The zero-order valence-electron chi connectivity index (χ0n) is 50.0. The van der Waals surface area contributed by atoms with Crippen LogP contribution in [0.5, 0.6) is 0 Å². The number of rotatable bonds is 11. The van der Waals surface area contributed by atoms with Crippen molar-refractivity contribution in [2.75, 3.05) is 0 Å². The van der Waals surface area contributed by atoms with Gasteiger partial charge in [-0.3, -0.25) is 0 Å². The summed E-state index contributed by atoms with van der Waals surface area (Å²) in [5.41, 5.74) is 16.9. The number of alkyl halides is 3. The molecule has 8 nitrogen and oxygen atoms in total. The fourth-order valence-electron chi connectivity index (χ4n) is 12.9. The molecular formula is C83H49F3N8. The minimum Gasteiger partial charge on any atom is -0.319 e. The summed E-state index contributed by atoms with van der Waals surface area (Å²) in [6.45, 7) is 17.3. The molecule has 0 aliphatic rings. The van der Waals surface area contributed by atoms with Gasteiger partial charge in [0, 0.05) is 82.9 Å². The van der Waals surface area contributed by atoms with Gasteiger partial charge in [0.15, 0.2) is 5.69 Å². The molecule has 0 unspecified atom stereocenters. The highest BCUT2D eigenvalue weighted by Crippen LogP contribution is 2.47. The second-order valence-corrected chi connectivity index (χ2v) is 23.0. The third-order valence-corrected chi connectivity index (χ3v) is 17.4. The maximum Gasteiger partial charge on any atom is 0.415 e. The lowest BCUT2D eigenvalue weighted by Crippen LogP contribution is -2.06. The van der Waals surface area contributed by atoms with Crippen LogP contribution in [0.3, 0.4) is 0 Å². The molecule has 94 heavy (non-hydrogen) atoms. The standard InChI is InChI=1S/C83H49F3N8/c1-87-62-44-60(43-61(49-62)83(84,85)86)63-50-82(94-79-41-37-58(74-33-17-29-70(91-74)54-23-11-5-12-24-54)47-66(79)67-48-59(38-42-80(67)94)75-34-18-30-71(92-75)55-25-13-6-14-26-55)76(88-2)51-81(63)93-77-39-35-56(72-31-15-27-68(89-72)52-19-7-3-8-20-52)45-64(77)65-46-57(36-40-78(65)93)73-32-16-28-69(90-73)53-21-9-4-10-22-53/h3-51H. The Morgan fingerprint density at radius 2 is 0.596 bits per heavy atom. The Kier molecular flexibility index (Phi) is 13.9. The van der Waals surface area contributed by atoms with Crippen molar-refractivity contribution >= 4 is 55.0 Å². The molecule has 0 aliphatic carbocycles. The van der Waals surface area contributed by atoms with Crippen molar-refractivity contribution in [1.82, 2.24) is 29.1 Å². The second kappa shape index (κ2) is 23.2. The van der Waals surface area contributed by atoms with Crippen LogP contribution in [-0.4, -0.2) is 29.1 Å². The van der Waals surface area contributed by atoms with E-state index in [4.69, 9.17) is 26.5 Å². The molecule has 0 amide bonds. The third-order valence-electron chi connectivity index (χ3n) is 17.4.